The summed E-state index contributed by atoms with van der Waals surface area (Å²) in [5, 5.41) is 5.03. The molecule has 0 aliphatic rings. The van der Waals surface area contributed by atoms with Gasteiger partial charge in [-0.05, 0) is 48.4 Å². The number of pyridine rings is 1. The molecule has 2 amide bonds. The Morgan fingerprint density at radius 2 is 1.92 bits per heavy atom. The van der Waals surface area contributed by atoms with Gasteiger partial charge in [-0.3, -0.25) is 9.59 Å². The molecular weight excluding hydrogens is 330 g/mol. The third kappa shape index (κ3) is 4.82. The van der Waals surface area contributed by atoms with Crippen molar-refractivity contribution < 1.29 is 14.0 Å². The lowest BCUT2D eigenvalue weighted by Gasteiger charge is -2.06. The van der Waals surface area contributed by atoms with Crippen LogP contribution in [-0.2, 0) is 16.1 Å². The summed E-state index contributed by atoms with van der Waals surface area (Å²) in [6.45, 7) is 0.148. The summed E-state index contributed by atoms with van der Waals surface area (Å²) in [6, 6.07) is 15.8. The Labute approximate surface area is 150 Å². The van der Waals surface area contributed by atoms with E-state index in [1.54, 1.807) is 36.5 Å². The molecule has 2 heterocycles. The molecular formula is C20H15N3O3. The lowest BCUT2D eigenvalue weighted by molar-refractivity contribution is -0.136. The second-order valence-corrected chi connectivity index (χ2v) is 5.26. The molecule has 2 aromatic heterocycles. The molecule has 0 atom stereocenters. The fourth-order valence-electron chi connectivity index (χ4n) is 2.10. The average molecular weight is 345 g/mol. The number of carbonyl (C=O) groups excluding carboxylic acids is 2. The Hall–Kier alpha value is -3.85. The second kappa shape index (κ2) is 8.31. The first-order valence-corrected chi connectivity index (χ1v) is 7.85. The summed E-state index contributed by atoms with van der Waals surface area (Å²) < 4.78 is 5.09. The van der Waals surface area contributed by atoms with Crippen molar-refractivity contribution in [2.24, 2.45) is 0 Å². The number of carbonyl (C=O) groups is 2. The minimum absolute atomic E-state index is 0.148. The average Bonchev–Trinajstić information content (AvgIpc) is 3.19. The molecule has 0 fully saturated rings. The molecule has 6 heteroatoms. The minimum atomic E-state index is -0.758. The fraction of sp³-hybridized carbons (Fsp3) is 0.0500. The highest BCUT2D eigenvalue weighted by molar-refractivity contribution is 6.39. The van der Waals surface area contributed by atoms with Gasteiger partial charge >= 0.3 is 11.8 Å². The van der Waals surface area contributed by atoms with E-state index in [-0.39, 0.29) is 6.54 Å². The monoisotopic (exact) mass is 345 g/mol. The van der Waals surface area contributed by atoms with Crippen molar-refractivity contribution in [3.05, 3.63) is 84.1 Å². The molecule has 0 saturated carbocycles. The zero-order valence-corrected chi connectivity index (χ0v) is 13.7. The van der Waals surface area contributed by atoms with Gasteiger partial charge in [-0.15, -0.1) is 0 Å². The molecule has 3 aromatic rings. The fourth-order valence-corrected chi connectivity index (χ4v) is 2.10. The van der Waals surface area contributed by atoms with Gasteiger partial charge in [0.2, 0.25) is 0 Å². The second-order valence-electron chi connectivity index (χ2n) is 5.26. The summed E-state index contributed by atoms with van der Waals surface area (Å²) in [4.78, 5) is 27.9. The smallest absolute Gasteiger partial charge is 0.313 e. The van der Waals surface area contributed by atoms with Crippen molar-refractivity contribution in [2.45, 2.75) is 6.54 Å². The predicted molar refractivity (Wildman–Crippen MR) is 95.8 cm³/mol. The summed E-state index contributed by atoms with van der Waals surface area (Å²) in [5.41, 5.74) is 1.83. The first-order chi connectivity index (χ1) is 12.7. The van der Waals surface area contributed by atoms with E-state index in [0.29, 0.717) is 22.7 Å². The molecule has 0 unspecified atom stereocenters. The van der Waals surface area contributed by atoms with E-state index in [9.17, 15) is 9.59 Å². The molecule has 128 valence electrons. The third-order valence-electron chi connectivity index (χ3n) is 3.33. The quantitative estimate of drug-likeness (QED) is 0.564. The number of amides is 2. The van der Waals surface area contributed by atoms with Gasteiger partial charge in [0.05, 0.1) is 12.8 Å². The molecule has 2 N–H and O–H groups in total. The van der Waals surface area contributed by atoms with Gasteiger partial charge in [-0.2, -0.15) is 0 Å². The van der Waals surface area contributed by atoms with Crippen LogP contribution in [0, 0.1) is 11.8 Å². The van der Waals surface area contributed by atoms with Crippen molar-refractivity contribution >= 4 is 17.5 Å². The molecule has 0 spiro atoms. The minimum Gasteiger partial charge on any atom is -0.467 e. The van der Waals surface area contributed by atoms with E-state index in [2.05, 4.69) is 27.5 Å². The maximum Gasteiger partial charge on any atom is 0.313 e. The first kappa shape index (κ1) is 17.0. The van der Waals surface area contributed by atoms with Crippen molar-refractivity contribution in [3.8, 4) is 11.8 Å². The van der Waals surface area contributed by atoms with Crippen LogP contribution in [0.2, 0.25) is 0 Å². The zero-order chi connectivity index (χ0) is 18.2. The number of nitrogens with one attached hydrogen (secondary N) is 2. The Bertz CT molecular complexity index is 955. The van der Waals surface area contributed by atoms with E-state index >= 15 is 0 Å². The molecule has 1 aromatic carbocycles. The third-order valence-corrected chi connectivity index (χ3v) is 3.33. The lowest BCUT2D eigenvalue weighted by Crippen LogP contribution is -2.34. The number of aromatic nitrogens is 1. The van der Waals surface area contributed by atoms with Crippen LogP contribution in [-0.4, -0.2) is 16.8 Å². The Balaban J connectivity index is 1.60. The Kier molecular flexibility index (Phi) is 5.43. The van der Waals surface area contributed by atoms with Gasteiger partial charge in [-0.25, -0.2) is 4.98 Å². The number of hydrogen-bond donors (Lipinski definition) is 2. The van der Waals surface area contributed by atoms with Gasteiger partial charge in [-0.1, -0.05) is 18.1 Å². The van der Waals surface area contributed by atoms with Crippen LogP contribution in [0.15, 0.2) is 71.5 Å². The summed E-state index contributed by atoms with van der Waals surface area (Å²) in [6.07, 6.45) is 3.17. The van der Waals surface area contributed by atoms with Crippen LogP contribution in [0.5, 0.6) is 0 Å². The van der Waals surface area contributed by atoms with Crippen molar-refractivity contribution in [1.29, 1.82) is 0 Å². The van der Waals surface area contributed by atoms with Gasteiger partial charge in [0.15, 0.2) is 0 Å². The van der Waals surface area contributed by atoms with E-state index in [4.69, 9.17) is 4.42 Å². The van der Waals surface area contributed by atoms with Gasteiger partial charge in [0, 0.05) is 17.4 Å². The van der Waals surface area contributed by atoms with Crippen molar-refractivity contribution in [1.82, 2.24) is 10.3 Å². The highest BCUT2D eigenvalue weighted by atomic mass is 16.3. The van der Waals surface area contributed by atoms with E-state index in [0.717, 1.165) is 0 Å². The van der Waals surface area contributed by atoms with E-state index in [1.807, 2.05) is 24.3 Å². The maximum atomic E-state index is 12.0. The normalized spacial score (nSPS) is 9.69. The Morgan fingerprint density at radius 3 is 2.69 bits per heavy atom. The number of furan rings is 1. The van der Waals surface area contributed by atoms with Crippen LogP contribution >= 0.6 is 0 Å². The van der Waals surface area contributed by atoms with Crippen LogP contribution < -0.4 is 10.6 Å². The SMILES string of the molecule is O=C(NCc1ccco1)C(=O)Nc1cccc(C#Cc2ccccn2)c1. The summed E-state index contributed by atoms with van der Waals surface area (Å²) in [7, 11) is 0. The largest absolute Gasteiger partial charge is 0.467 e. The number of nitrogens with zero attached hydrogens (tertiary/aromatic N) is 1. The molecule has 26 heavy (non-hydrogen) atoms. The molecule has 0 saturated heterocycles. The predicted octanol–water partition coefficient (Wildman–Crippen LogP) is 2.33. The number of anilines is 1. The molecule has 6 nitrogen and oxygen atoms in total. The first-order valence-electron chi connectivity index (χ1n) is 7.85. The van der Waals surface area contributed by atoms with Crippen LogP contribution in [0.25, 0.3) is 0 Å². The summed E-state index contributed by atoms with van der Waals surface area (Å²) >= 11 is 0. The highest BCUT2D eigenvalue weighted by Crippen LogP contribution is 2.10. The maximum absolute atomic E-state index is 12.0. The number of benzene rings is 1. The lowest BCUT2D eigenvalue weighted by atomic mass is 10.2. The number of hydrogen-bond acceptors (Lipinski definition) is 4. The molecule has 0 radical (unpaired) electrons. The van der Waals surface area contributed by atoms with Gasteiger partial charge < -0.3 is 15.1 Å². The van der Waals surface area contributed by atoms with Gasteiger partial charge in [0.25, 0.3) is 0 Å². The summed E-state index contributed by atoms with van der Waals surface area (Å²) in [5.74, 6) is 4.97. The van der Waals surface area contributed by atoms with E-state index in [1.165, 1.54) is 6.26 Å². The molecule has 0 aliphatic carbocycles. The molecule has 0 bridgehead atoms. The van der Waals surface area contributed by atoms with Crippen molar-refractivity contribution in [3.63, 3.8) is 0 Å². The van der Waals surface area contributed by atoms with Crippen LogP contribution in [0.1, 0.15) is 17.0 Å². The topological polar surface area (TPSA) is 84.2 Å². The van der Waals surface area contributed by atoms with Gasteiger partial charge in [0.1, 0.15) is 11.5 Å². The Morgan fingerprint density at radius 1 is 1.00 bits per heavy atom. The van der Waals surface area contributed by atoms with E-state index < -0.39 is 11.8 Å². The highest BCUT2D eigenvalue weighted by Gasteiger charge is 2.13. The molecule has 0 aliphatic heterocycles. The standard InChI is InChI=1S/C20H15N3O3/c24-19(22-14-18-8-4-12-26-18)20(25)23-17-7-3-5-15(13-17)9-10-16-6-1-2-11-21-16/h1-8,11-13H,14H2,(H,22,24)(H,23,25). The zero-order valence-electron chi connectivity index (χ0n) is 13.7. The van der Waals surface area contributed by atoms with Crippen LogP contribution in [0.4, 0.5) is 5.69 Å². The van der Waals surface area contributed by atoms with Crippen LogP contribution in [0.3, 0.4) is 0 Å². The molecule has 3 rings (SSSR count). The number of rotatable bonds is 3. The van der Waals surface area contributed by atoms with Crippen molar-refractivity contribution in [2.75, 3.05) is 5.32 Å².